The average molecular weight is 261 g/mol. The van der Waals surface area contributed by atoms with E-state index < -0.39 is 0 Å². The van der Waals surface area contributed by atoms with Gasteiger partial charge in [-0.3, -0.25) is 0 Å². The highest BCUT2D eigenvalue weighted by Gasteiger charge is 2.15. The van der Waals surface area contributed by atoms with Gasteiger partial charge in [-0.15, -0.1) is 0 Å². The summed E-state index contributed by atoms with van der Waals surface area (Å²) in [5.74, 6) is 0. The monoisotopic (exact) mass is 260 g/mol. The van der Waals surface area contributed by atoms with Crippen molar-refractivity contribution in [2.24, 2.45) is 5.73 Å². The Hall–Kier alpha value is -0.280. The molecule has 0 aromatic heterocycles. The van der Waals surface area contributed by atoms with E-state index in [9.17, 15) is 0 Å². The molecule has 0 aliphatic rings. The summed E-state index contributed by atoms with van der Waals surface area (Å²) >= 11 is 11.8. The van der Waals surface area contributed by atoms with Crippen LogP contribution in [0.2, 0.25) is 10.0 Å². The van der Waals surface area contributed by atoms with E-state index in [0.29, 0.717) is 16.6 Å². The lowest BCUT2D eigenvalue weighted by molar-refractivity contribution is 0.365. The molecule has 1 aromatic carbocycles. The van der Waals surface area contributed by atoms with Crippen molar-refractivity contribution in [1.29, 1.82) is 0 Å². The summed E-state index contributed by atoms with van der Waals surface area (Å²) < 4.78 is 0. The molecule has 2 nitrogen and oxygen atoms in total. The van der Waals surface area contributed by atoms with Crippen LogP contribution in [0.4, 0.5) is 0 Å². The number of hydrogen-bond donors (Lipinski definition) is 2. The average Bonchev–Trinajstić information content (AvgIpc) is 2.20. The zero-order valence-electron chi connectivity index (χ0n) is 9.69. The maximum Gasteiger partial charge on any atom is 0.0595 e. The summed E-state index contributed by atoms with van der Waals surface area (Å²) in [6, 6.07) is 5.67. The molecule has 1 rings (SSSR count). The molecule has 90 valence electrons. The second-order valence-electron chi connectivity index (χ2n) is 4.52. The third-order valence-electron chi connectivity index (χ3n) is 2.52. The van der Waals surface area contributed by atoms with Crippen LogP contribution in [0.1, 0.15) is 25.8 Å². The number of hydrogen-bond acceptors (Lipinski definition) is 2. The maximum absolute atomic E-state index is 5.95. The molecule has 3 N–H and O–H groups in total. The van der Waals surface area contributed by atoms with Crippen LogP contribution in [0.25, 0.3) is 0 Å². The second kappa shape index (κ2) is 5.87. The third kappa shape index (κ3) is 4.30. The van der Waals surface area contributed by atoms with E-state index in [1.807, 2.05) is 18.2 Å². The lowest BCUT2D eigenvalue weighted by Gasteiger charge is -2.25. The summed E-state index contributed by atoms with van der Waals surface area (Å²) in [4.78, 5) is 0. The Labute approximate surface area is 107 Å². The lowest BCUT2D eigenvalue weighted by Crippen LogP contribution is -2.40. The molecule has 4 heteroatoms. The molecule has 1 aromatic rings. The van der Waals surface area contributed by atoms with Crippen molar-refractivity contribution in [1.82, 2.24) is 5.32 Å². The Morgan fingerprint density at radius 1 is 1.25 bits per heavy atom. The van der Waals surface area contributed by atoms with Gasteiger partial charge in [-0.25, -0.2) is 0 Å². The van der Waals surface area contributed by atoms with Gasteiger partial charge in [0.1, 0.15) is 0 Å². The first kappa shape index (κ1) is 13.8. The predicted molar refractivity (Wildman–Crippen MR) is 71.1 cm³/mol. The fourth-order valence-electron chi connectivity index (χ4n) is 1.44. The van der Waals surface area contributed by atoms with E-state index in [0.717, 1.165) is 18.5 Å². The van der Waals surface area contributed by atoms with Crippen molar-refractivity contribution >= 4 is 23.2 Å². The molecule has 0 saturated carbocycles. The first-order valence-electron chi connectivity index (χ1n) is 5.33. The van der Waals surface area contributed by atoms with Crippen LogP contribution < -0.4 is 11.1 Å². The van der Waals surface area contributed by atoms with Crippen LogP contribution in [-0.2, 0) is 6.54 Å². The summed E-state index contributed by atoms with van der Waals surface area (Å²) in [6.45, 7) is 5.72. The van der Waals surface area contributed by atoms with Crippen LogP contribution in [0, 0.1) is 0 Å². The van der Waals surface area contributed by atoms with Gasteiger partial charge in [-0.05, 0) is 44.5 Å². The molecule has 0 unspecified atom stereocenters. The number of nitrogens with one attached hydrogen (secondary N) is 1. The molecule has 0 aliphatic heterocycles. The van der Waals surface area contributed by atoms with Crippen LogP contribution >= 0.6 is 23.2 Å². The molecule has 16 heavy (non-hydrogen) atoms. The van der Waals surface area contributed by atoms with Crippen molar-refractivity contribution in [2.75, 3.05) is 6.54 Å². The van der Waals surface area contributed by atoms with E-state index in [1.165, 1.54) is 0 Å². The van der Waals surface area contributed by atoms with Gasteiger partial charge in [0.15, 0.2) is 0 Å². The molecule has 0 aliphatic carbocycles. The minimum atomic E-state index is 0.0425. The van der Waals surface area contributed by atoms with E-state index >= 15 is 0 Å². The Kier molecular flexibility index (Phi) is 5.06. The van der Waals surface area contributed by atoms with Crippen LogP contribution in [0.3, 0.4) is 0 Å². The minimum absolute atomic E-state index is 0.0425. The highest BCUT2D eigenvalue weighted by molar-refractivity contribution is 6.42. The van der Waals surface area contributed by atoms with Gasteiger partial charge in [-0.2, -0.15) is 0 Å². The number of benzene rings is 1. The van der Waals surface area contributed by atoms with Crippen LogP contribution in [-0.4, -0.2) is 12.1 Å². The summed E-state index contributed by atoms with van der Waals surface area (Å²) in [5.41, 5.74) is 6.72. The van der Waals surface area contributed by atoms with Crippen molar-refractivity contribution in [3.8, 4) is 0 Å². The molecule has 0 bridgehead atoms. The SMILES string of the molecule is CC(C)(CCN)NCc1ccc(Cl)c(Cl)c1. The molecular formula is C12H18Cl2N2. The zero-order chi connectivity index (χ0) is 12.2. The van der Waals surface area contributed by atoms with Crippen LogP contribution in [0.15, 0.2) is 18.2 Å². The van der Waals surface area contributed by atoms with Crippen molar-refractivity contribution < 1.29 is 0 Å². The number of rotatable bonds is 5. The minimum Gasteiger partial charge on any atom is -0.330 e. The van der Waals surface area contributed by atoms with Gasteiger partial charge in [0.25, 0.3) is 0 Å². The Morgan fingerprint density at radius 3 is 2.50 bits per heavy atom. The first-order chi connectivity index (χ1) is 7.44. The zero-order valence-corrected chi connectivity index (χ0v) is 11.2. The highest BCUT2D eigenvalue weighted by atomic mass is 35.5. The van der Waals surface area contributed by atoms with Gasteiger partial charge in [-0.1, -0.05) is 29.3 Å². The van der Waals surface area contributed by atoms with Crippen molar-refractivity contribution in [2.45, 2.75) is 32.4 Å². The largest absolute Gasteiger partial charge is 0.330 e. The first-order valence-corrected chi connectivity index (χ1v) is 6.09. The van der Waals surface area contributed by atoms with Gasteiger partial charge >= 0.3 is 0 Å². The van der Waals surface area contributed by atoms with E-state index in [2.05, 4.69) is 19.2 Å². The summed E-state index contributed by atoms with van der Waals surface area (Å²) in [7, 11) is 0. The van der Waals surface area contributed by atoms with Gasteiger partial charge in [0.2, 0.25) is 0 Å². The molecule has 0 heterocycles. The second-order valence-corrected chi connectivity index (χ2v) is 5.34. The molecule has 0 fully saturated rings. The molecular weight excluding hydrogens is 243 g/mol. The highest BCUT2D eigenvalue weighted by Crippen LogP contribution is 2.22. The van der Waals surface area contributed by atoms with Gasteiger partial charge in [0.05, 0.1) is 10.0 Å². The molecule has 0 amide bonds. The summed E-state index contributed by atoms with van der Waals surface area (Å²) in [5, 5.41) is 4.63. The Morgan fingerprint density at radius 2 is 1.94 bits per heavy atom. The fourth-order valence-corrected chi connectivity index (χ4v) is 1.76. The van der Waals surface area contributed by atoms with E-state index in [1.54, 1.807) is 0 Å². The number of nitrogens with two attached hydrogens (primary N) is 1. The smallest absolute Gasteiger partial charge is 0.0595 e. The molecule has 0 spiro atoms. The van der Waals surface area contributed by atoms with Gasteiger partial charge < -0.3 is 11.1 Å². The maximum atomic E-state index is 5.95. The lowest BCUT2D eigenvalue weighted by atomic mass is 10.0. The number of halogens is 2. The quantitative estimate of drug-likeness (QED) is 0.854. The van der Waals surface area contributed by atoms with Crippen molar-refractivity contribution in [3.05, 3.63) is 33.8 Å². The third-order valence-corrected chi connectivity index (χ3v) is 3.26. The Bertz CT molecular complexity index is 351. The normalized spacial score (nSPS) is 11.8. The van der Waals surface area contributed by atoms with E-state index in [4.69, 9.17) is 28.9 Å². The standard InChI is InChI=1S/C12H18Cl2N2/c1-12(2,5-6-15)16-8-9-3-4-10(13)11(14)7-9/h3-4,7,16H,5-6,8,15H2,1-2H3. The topological polar surface area (TPSA) is 38.0 Å². The molecule has 0 saturated heterocycles. The van der Waals surface area contributed by atoms with Gasteiger partial charge in [0, 0.05) is 12.1 Å². The van der Waals surface area contributed by atoms with Crippen molar-refractivity contribution in [3.63, 3.8) is 0 Å². The fraction of sp³-hybridized carbons (Fsp3) is 0.500. The predicted octanol–water partition coefficient (Wildman–Crippen LogP) is 3.21. The van der Waals surface area contributed by atoms with E-state index in [-0.39, 0.29) is 5.54 Å². The molecule has 0 radical (unpaired) electrons. The van der Waals surface area contributed by atoms with Crippen LogP contribution in [0.5, 0.6) is 0 Å². The Balaban J connectivity index is 2.57. The molecule has 0 atom stereocenters. The summed E-state index contributed by atoms with van der Waals surface area (Å²) in [6.07, 6.45) is 0.939.